The van der Waals surface area contributed by atoms with Crippen LogP contribution in [0.1, 0.15) is 18.4 Å². The Bertz CT molecular complexity index is 651. The predicted octanol–water partition coefficient (Wildman–Crippen LogP) is 3.54. The number of nitrogens with one attached hydrogen (secondary N) is 1. The van der Waals surface area contributed by atoms with E-state index in [1.165, 1.54) is 0 Å². The molecule has 1 aromatic carbocycles. The highest BCUT2D eigenvalue weighted by Crippen LogP contribution is 2.39. The molecule has 21 heavy (non-hydrogen) atoms. The number of alkyl halides is 5. The van der Waals surface area contributed by atoms with E-state index >= 15 is 0 Å². The van der Waals surface area contributed by atoms with E-state index in [9.17, 15) is 30.4 Å². The lowest BCUT2D eigenvalue weighted by molar-refractivity contribution is -0.138. The standard InChI is InChI=1S/C11H9BrF5NO2S/c12-9-2-1-7(3-8(9)11(15,16)17)21(19,20)18-6-4-10(13,14)5-6/h1-3,6,18H,4-5H2. The van der Waals surface area contributed by atoms with Crippen LogP contribution in [0.15, 0.2) is 27.6 Å². The van der Waals surface area contributed by atoms with Crippen LogP contribution in [0.4, 0.5) is 22.0 Å². The Labute approximate surface area is 125 Å². The second-order valence-corrected chi connectivity index (χ2v) is 7.29. The fourth-order valence-corrected chi connectivity index (χ4v) is 3.65. The Morgan fingerprint density at radius 3 is 2.29 bits per heavy atom. The highest BCUT2D eigenvalue weighted by molar-refractivity contribution is 9.10. The fraction of sp³-hybridized carbons (Fsp3) is 0.455. The number of rotatable bonds is 3. The number of hydrogen-bond acceptors (Lipinski definition) is 2. The molecule has 0 amide bonds. The van der Waals surface area contributed by atoms with Crippen molar-refractivity contribution < 1.29 is 30.4 Å². The Hall–Kier alpha value is -0.740. The molecule has 1 aliphatic rings. The van der Waals surface area contributed by atoms with Crippen molar-refractivity contribution in [3.8, 4) is 0 Å². The molecular weight excluding hydrogens is 385 g/mol. The summed E-state index contributed by atoms with van der Waals surface area (Å²) < 4.78 is 88.9. The zero-order valence-corrected chi connectivity index (χ0v) is 12.6. The van der Waals surface area contributed by atoms with Crippen LogP contribution in [-0.2, 0) is 16.2 Å². The van der Waals surface area contributed by atoms with Gasteiger partial charge in [0.1, 0.15) is 0 Å². The van der Waals surface area contributed by atoms with Gasteiger partial charge in [-0.3, -0.25) is 0 Å². The molecule has 118 valence electrons. The fourth-order valence-electron chi connectivity index (χ4n) is 1.92. The maximum atomic E-state index is 12.7. The summed E-state index contributed by atoms with van der Waals surface area (Å²) in [5.41, 5.74) is -1.15. The molecule has 0 atom stereocenters. The molecule has 0 spiro atoms. The van der Waals surface area contributed by atoms with Gasteiger partial charge in [-0.25, -0.2) is 21.9 Å². The third kappa shape index (κ3) is 3.72. The van der Waals surface area contributed by atoms with Crippen LogP contribution in [0.2, 0.25) is 0 Å². The van der Waals surface area contributed by atoms with Crippen LogP contribution in [0, 0.1) is 0 Å². The minimum absolute atomic E-state index is 0.302. The molecule has 1 aromatic rings. The molecule has 1 saturated carbocycles. The predicted molar refractivity (Wildman–Crippen MR) is 67.4 cm³/mol. The first-order valence-electron chi connectivity index (χ1n) is 5.68. The topological polar surface area (TPSA) is 46.2 Å². The van der Waals surface area contributed by atoms with E-state index in [1.807, 2.05) is 4.72 Å². The van der Waals surface area contributed by atoms with E-state index in [0.29, 0.717) is 6.07 Å². The highest BCUT2D eigenvalue weighted by atomic mass is 79.9. The van der Waals surface area contributed by atoms with E-state index in [-0.39, 0.29) is 4.47 Å². The zero-order valence-electron chi connectivity index (χ0n) is 10.2. The Morgan fingerprint density at radius 2 is 1.81 bits per heavy atom. The summed E-state index contributed by atoms with van der Waals surface area (Å²) in [5, 5.41) is 0. The van der Waals surface area contributed by atoms with E-state index in [0.717, 1.165) is 12.1 Å². The number of sulfonamides is 1. The summed E-state index contributed by atoms with van der Waals surface area (Å²) in [7, 11) is -4.27. The van der Waals surface area contributed by atoms with Crippen molar-refractivity contribution in [2.45, 2.75) is 35.9 Å². The van der Waals surface area contributed by atoms with E-state index in [2.05, 4.69) is 15.9 Å². The molecule has 1 fully saturated rings. The molecule has 1 aliphatic carbocycles. The quantitative estimate of drug-likeness (QED) is 0.798. The monoisotopic (exact) mass is 393 g/mol. The molecule has 0 aromatic heterocycles. The van der Waals surface area contributed by atoms with Crippen molar-refractivity contribution in [1.29, 1.82) is 0 Å². The van der Waals surface area contributed by atoms with Crippen molar-refractivity contribution in [2.24, 2.45) is 0 Å². The first-order valence-corrected chi connectivity index (χ1v) is 7.95. The van der Waals surface area contributed by atoms with E-state index in [4.69, 9.17) is 0 Å². The minimum Gasteiger partial charge on any atom is -0.208 e. The molecule has 0 bridgehead atoms. The summed E-state index contributed by atoms with van der Waals surface area (Å²) in [6.45, 7) is 0. The van der Waals surface area contributed by atoms with Gasteiger partial charge in [0, 0.05) is 23.4 Å². The second-order valence-electron chi connectivity index (χ2n) is 4.72. The van der Waals surface area contributed by atoms with Crippen molar-refractivity contribution in [3.63, 3.8) is 0 Å². The Morgan fingerprint density at radius 1 is 1.24 bits per heavy atom. The Kier molecular flexibility index (Phi) is 4.09. The van der Waals surface area contributed by atoms with E-state index < -0.39 is 51.5 Å². The summed E-state index contributed by atoms with van der Waals surface area (Å²) in [6.07, 6.45) is -6.04. The van der Waals surface area contributed by atoms with Gasteiger partial charge >= 0.3 is 6.18 Å². The number of benzene rings is 1. The smallest absolute Gasteiger partial charge is 0.208 e. The molecule has 0 unspecified atom stereocenters. The van der Waals surface area contributed by atoms with Crippen molar-refractivity contribution in [3.05, 3.63) is 28.2 Å². The first kappa shape index (κ1) is 16.6. The highest BCUT2D eigenvalue weighted by Gasteiger charge is 2.47. The summed E-state index contributed by atoms with van der Waals surface area (Å²) in [6, 6.07) is 1.41. The van der Waals surface area contributed by atoms with Crippen LogP contribution in [-0.4, -0.2) is 20.4 Å². The average Bonchev–Trinajstić information content (AvgIpc) is 2.24. The van der Waals surface area contributed by atoms with Gasteiger partial charge in [0.2, 0.25) is 10.0 Å². The normalized spacial score (nSPS) is 19.3. The molecule has 2 rings (SSSR count). The summed E-state index contributed by atoms with van der Waals surface area (Å²) in [4.78, 5) is -0.617. The molecular formula is C11H9BrF5NO2S. The van der Waals surface area contributed by atoms with Crippen molar-refractivity contribution >= 4 is 26.0 Å². The van der Waals surface area contributed by atoms with Crippen molar-refractivity contribution in [1.82, 2.24) is 4.72 Å². The third-order valence-electron chi connectivity index (χ3n) is 2.97. The molecule has 0 radical (unpaired) electrons. The molecule has 1 N–H and O–H groups in total. The van der Waals surface area contributed by atoms with Gasteiger partial charge in [0.05, 0.1) is 10.5 Å². The van der Waals surface area contributed by atoms with Crippen LogP contribution < -0.4 is 4.72 Å². The third-order valence-corrected chi connectivity index (χ3v) is 5.18. The number of hydrogen-bond donors (Lipinski definition) is 1. The molecule has 0 aliphatic heterocycles. The molecule has 0 saturated heterocycles. The zero-order chi connectivity index (χ0) is 16.1. The SMILES string of the molecule is O=S(=O)(NC1CC(F)(F)C1)c1ccc(Br)c(C(F)(F)F)c1. The minimum atomic E-state index is -4.73. The maximum absolute atomic E-state index is 12.7. The van der Waals surface area contributed by atoms with Gasteiger partial charge in [-0.1, -0.05) is 15.9 Å². The van der Waals surface area contributed by atoms with Crippen molar-refractivity contribution in [2.75, 3.05) is 0 Å². The average molecular weight is 394 g/mol. The lowest BCUT2D eigenvalue weighted by atomic mass is 9.89. The van der Waals surface area contributed by atoms with Crippen LogP contribution >= 0.6 is 15.9 Å². The van der Waals surface area contributed by atoms with Gasteiger partial charge in [0.25, 0.3) is 5.92 Å². The molecule has 0 heterocycles. The Balaban J connectivity index is 2.25. The largest absolute Gasteiger partial charge is 0.417 e. The first-order chi connectivity index (χ1) is 9.41. The van der Waals surface area contributed by atoms with Gasteiger partial charge in [-0.15, -0.1) is 0 Å². The molecule has 10 heteroatoms. The van der Waals surface area contributed by atoms with E-state index in [1.54, 1.807) is 0 Å². The summed E-state index contributed by atoms with van der Waals surface area (Å²) in [5.74, 6) is -2.93. The van der Waals surface area contributed by atoms with Crippen LogP contribution in [0.3, 0.4) is 0 Å². The molecule has 3 nitrogen and oxygen atoms in total. The van der Waals surface area contributed by atoms with Crippen LogP contribution in [0.5, 0.6) is 0 Å². The van der Waals surface area contributed by atoms with Gasteiger partial charge in [-0.2, -0.15) is 13.2 Å². The summed E-state index contributed by atoms with van der Waals surface area (Å²) >= 11 is 2.69. The van der Waals surface area contributed by atoms with Gasteiger partial charge < -0.3 is 0 Å². The lowest BCUT2D eigenvalue weighted by Gasteiger charge is -2.35. The lowest BCUT2D eigenvalue weighted by Crippen LogP contribution is -2.50. The van der Waals surface area contributed by atoms with Crippen LogP contribution in [0.25, 0.3) is 0 Å². The van der Waals surface area contributed by atoms with Gasteiger partial charge in [-0.05, 0) is 18.2 Å². The number of halogens is 6. The maximum Gasteiger partial charge on any atom is 0.417 e. The second kappa shape index (κ2) is 5.17. The van der Waals surface area contributed by atoms with Gasteiger partial charge in [0.15, 0.2) is 0 Å².